The van der Waals surface area contributed by atoms with Crippen LogP contribution in [0.15, 0.2) is 0 Å². The average molecular weight is 297 g/mol. The molecule has 0 spiro atoms. The summed E-state index contributed by atoms with van der Waals surface area (Å²) in [5.74, 6) is 3.18. The van der Waals surface area contributed by atoms with Gasteiger partial charge in [0.15, 0.2) is 0 Å². The third-order valence-electron chi connectivity index (χ3n) is 5.21. The Morgan fingerprint density at radius 3 is 2.75 bits per heavy atom. The number of rotatable bonds is 4. The van der Waals surface area contributed by atoms with Crippen molar-refractivity contribution >= 4 is 17.7 Å². The van der Waals surface area contributed by atoms with Crippen LogP contribution in [-0.2, 0) is 4.79 Å². The molecule has 2 bridgehead atoms. The van der Waals surface area contributed by atoms with Crippen LogP contribution in [0.25, 0.3) is 0 Å². The van der Waals surface area contributed by atoms with Gasteiger partial charge >= 0.3 is 0 Å². The van der Waals surface area contributed by atoms with Gasteiger partial charge in [-0.1, -0.05) is 0 Å². The fourth-order valence-corrected chi connectivity index (χ4v) is 4.94. The molecule has 3 heterocycles. The molecule has 0 aromatic heterocycles. The van der Waals surface area contributed by atoms with Crippen molar-refractivity contribution in [1.29, 1.82) is 0 Å². The van der Waals surface area contributed by atoms with Gasteiger partial charge < -0.3 is 15.5 Å². The molecule has 0 aromatic carbocycles. The molecular formula is C15H27N3OS. The van der Waals surface area contributed by atoms with Gasteiger partial charge in [-0.25, -0.2) is 0 Å². The van der Waals surface area contributed by atoms with Crippen LogP contribution >= 0.6 is 11.8 Å². The van der Waals surface area contributed by atoms with E-state index >= 15 is 0 Å². The van der Waals surface area contributed by atoms with Gasteiger partial charge in [0.1, 0.15) is 0 Å². The lowest BCUT2D eigenvalue weighted by Gasteiger charge is -2.36. The molecule has 0 saturated carbocycles. The highest BCUT2D eigenvalue weighted by atomic mass is 32.2. The van der Waals surface area contributed by atoms with Crippen molar-refractivity contribution in [3.63, 3.8) is 0 Å². The Balaban J connectivity index is 1.38. The van der Waals surface area contributed by atoms with Crippen LogP contribution in [0.1, 0.15) is 32.1 Å². The van der Waals surface area contributed by atoms with Gasteiger partial charge in [-0.2, -0.15) is 11.8 Å². The van der Waals surface area contributed by atoms with Crippen molar-refractivity contribution in [2.45, 2.75) is 50.2 Å². The third-order valence-corrected chi connectivity index (χ3v) is 6.34. The van der Waals surface area contributed by atoms with Crippen LogP contribution in [0.5, 0.6) is 0 Å². The SMILES string of the molecule is CN1C2CCC1CC(CNC(=O)CC1CSCCN1)C2. The molecule has 3 rings (SSSR count). The fraction of sp³-hybridized carbons (Fsp3) is 0.933. The first-order valence-electron chi connectivity index (χ1n) is 8.02. The number of fused-ring (bicyclic) bond motifs is 2. The zero-order chi connectivity index (χ0) is 13.9. The minimum atomic E-state index is 0.233. The van der Waals surface area contributed by atoms with Gasteiger partial charge in [0.2, 0.25) is 5.91 Å². The molecule has 0 radical (unpaired) electrons. The number of nitrogens with zero attached hydrogens (tertiary/aromatic N) is 1. The number of hydrogen-bond acceptors (Lipinski definition) is 4. The lowest BCUT2D eigenvalue weighted by molar-refractivity contribution is -0.121. The van der Waals surface area contributed by atoms with Crippen LogP contribution in [0.4, 0.5) is 0 Å². The van der Waals surface area contributed by atoms with Crippen molar-refractivity contribution in [1.82, 2.24) is 15.5 Å². The number of nitrogens with one attached hydrogen (secondary N) is 2. The summed E-state index contributed by atoms with van der Waals surface area (Å²) in [4.78, 5) is 14.6. The number of piperidine rings is 1. The smallest absolute Gasteiger partial charge is 0.221 e. The topological polar surface area (TPSA) is 44.4 Å². The highest BCUT2D eigenvalue weighted by Gasteiger charge is 2.38. The summed E-state index contributed by atoms with van der Waals surface area (Å²) in [6.45, 7) is 1.93. The van der Waals surface area contributed by atoms with Crippen LogP contribution in [0.2, 0.25) is 0 Å². The maximum atomic E-state index is 12.0. The van der Waals surface area contributed by atoms with E-state index in [0.29, 0.717) is 18.4 Å². The maximum Gasteiger partial charge on any atom is 0.221 e. The summed E-state index contributed by atoms with van der Waals surface area (Å²) >= 11 is 1.95. The van der Waals surface area contributed by atoms with E-state index in [4.69, 9.17) is 0 Å². The summed E-state index contributed by atoms with van der Waals surface area (Å²) in [5, 5.41) is 6.61. The number of thioether (sulfide) groups is 1. The van der Waals surface area contributed by atoms with Crippen LogP contribution in [0, 0.1) is 5.92 Å². The summed E-state index contributed by atoms with van der Waals surface area (Å²) in [6, 6.07) is 1.92. The lowest BCUT2D eigenvalue weighted by Crippen LogP contribution is -2.45. The Hall–Kier alpha value is -0.260. The van der Waals surface area contributed by atoms with Crippen molar-refractivity contribution in [3.8, 4) is 0 Å². The molecule has 2 N–H and O–H groups in total. The Kier molecular flexibility index (Phi) is 4.89. The number of hydrogen-bond donors (Lipinski definition) is 2. The molecule has 114 valence electrons. The Morgan fingerprint density at radius 1 is 1.35 bits per heavy atom. The first-order chi connectivity index (χ1) is 9.72. The quantitative estimate of drug-likeness (QED) is 0.815. The van der Waals surface area contributed by atoms with E-state index < -0.39 is 0 Å². The molecule has 4 nitrogen and oxygen atoms in total. The van der Waals surface area contributed by atoms with E-state index in [1.165, 1.54) is 31.4 Å². The Bertz CT molecular complexity index is 332. The zero-order valence-electron chi connectivity index (χ0n) is 12.4. The molecule has 5 heteroatoms. The standard InChI is InChI=1S/C15H27N3OS/c1-18-13-2-3-14(18)7-11(6-13)9-17-15(19)8-12-10-20-5-4-16-12/h11-14,16H,2-10H2,1H3,(H,17,19). The number of amides is 1. The molecule has 0 aliphatic carbocycles. The first kappa shape index (κ1) is 14.7. The van der Waals surface area contributed by atoms with Gasteiger partial charge in [-0.15, -0.1) is 0 Å². The van der Waals surface area contributed by atoms with Gasteiger partial charge in [0, 0.05) is 49.1 Å². The van der Waals surface area contributed by atoms with E-state index in [2.05, 4.69) is 22.6 Å². The van der Waals surface area contributed by atoms with Gasteiger partial charge in [-0.3, -0.25) is 4.79 Å². The number of carbonyl (C=O) groups is 1. The first-order valence-corrected chi connectivity index (χ1v) is 9.17. The summed E-state index contributed by atoms with van der Waals surface area (Å²) in [5.41, 5.74) is 0. The predicted octanol–water partition coefficient (Wildman–Crippen LogP) is 1.07. The molecule has 3 unspecified atom stereocenters. The maximum absolute atomic E-state index is 12.0. The van der Waals surface area contributed by atoms with E-state index in [0.717, 1.165) is 30.9 Å². The second-order valence-electron chi connectivity index (χ2n) is 6.62. The zero-order valence-corrected chi connectivity index (χ0v) is 13.3. The fourth-order valence-electron chi connectivity index (χ4n) is 4.00. The Labute approximate surface area is 126 Å². The largest absolute Gasteiger partial charge is 0.356 e. The van der Waals surface area contributed by atoms with Crippen LogP contribution in [0.3, 0.4) is 0 Å². The average Bonchev–Trinajstić information content (AvgIpc) is 2.68. The Morgan fingerprint density at radius 2 is 2.10 bits per heavy atom. The van der Waals surface area contributed by atoms with Gasteiger partial charge in [-0.05, 0) is 38.6 Å². The summed E-state index contributed by atoms with van der Waals surface area (Å²) in [7, 11) is 2.27. The summed E-state index contributed by atoms with van der Waals surface area (Å²) in [6.07, 6.45) is 5.89. The minimum Gasteiger partial charge on any atom is -0.356 e. The van der Waals surface area contributed by atoms with Crippen molar-refractivity contribution in [2.75, 3.05) is 31.6 Å². The van der Waals surface area contributed by atoms with E-state index in [1.807, 2.05) is 11.8 Å². The van der Waals surface area contributed by atoms with Crippen LogP contribution < -0.4 is 10.6 Å². The number of carbonyl (C=O) groups excluding carboxylic acids is 1. The van der Waals surface area contributed by atoms with Gasteiger partial charge in [0.25, 0.3) is 0 Å². The van der Waals surface area contributed by atoms with Crippen molar-refractivity contribution in [2.24, 2.45) is 5.92 Å². The monoisotopic (exact) mass is 297 g/mol. The predicted molar refractivity (Wildman–Crippen MR) is 84.0 cm³/mol. The molecule has 3 atom stereocenters. The molecule has 20 heavy (non-hydrogen) atoms. The normalized spacial score (nSPS) is 37.9. The van der Waals surface area contributed by atoms with Crippen LogP contribution in [-0.4, -0.2) is 60.6 Å². The highest BCUT2D eigenvalue weighted by molar-refractivity contribution is 7.99. The molecule has 3 saturated heterocycles. The molecule has 3 aliphatic heterocycles. The second-order valence-corrected chi connectivity index (χ2v) is 7.77. The van der Waals surface area contributed by atoms with Crippen molar-refractivity contribution in [3.05, 3.63) is 0 Å². The van der Waals surface area contributed by atoms with Gasteiger partial charge in [0.05, 0.1) is 0 Å². The molecule has 0 aromatic rings. The third kappa shape index (κ3) is 3.49. The lowest BCUT2D eigenvalue weighted by atomic mass is 9.91. The molecule has 1 amide bonds. The molecule has 3 fully saturated rings. The highest BCUT2D eigenvalue weighted by Crippen LogP contribution is 2.36. The summed E-state index contributed by atoms with van der Waals surface area (Å²) < 4.78 is 0. The van der Waals surface area contributed by atoms with E-state index in [-0.39, 0.29) is 5.91 Å². The molecular weight excluding hydrogens is 270 g/mol. The second kappa shape index (κ2) is 6.67. The minimum absolute atomic E-state index is 0.233. The van der Waals surface area contributed by atoms with E-state index in [1.54, 1.807) is 0 Å². The molecule has 3 aliphatic rings. The van der Waals surface area contributed by atoms with E-state index in [9.17, 15) is 4.79 Å². The van der Waals surface area contributed by atoms with Crippen molar-refractivity contribution < 1.29 is 4.79 Å².